The van der Waals surface area contributed by atoms with E-state index in [9.17, 15) is 33.4 Å². The molecule has 0 saturated carbocycles. The zero-order valence-corrected chi connectivity index (χ0v) is 44.1. The number of carbonyl (C=O) groups excluding carboxylic acids is 4. The molecule has 2 aliphatic rings. The van der Waals surface area contributed by atoms with Crippen LogP contribution in [0.4, 0.5) is 0 Å². The molecular formula is C47H70O16P2Si. The summed E-state index contributed by atoms with van der Waals surface area (Å²) in [7, 11) is -4.47. The second-order valence-electron chi connectivity index (χ2n) is 17.8. The van der Waals surface area contributed by atoms with Gasteiger partial charge < -0.3 is 47.3 Å². The SMILES string of the molecule is CCOC(=O)[C@H](C)OP(C)(=O)C/C(C)=C/Cc1c(O)c2c(c(C)c1OC)COC2=O.CCOC(=O)[C@H](C)OP(C)(=O)C/C(C)=C/Cc1c(OC)c(C)c2c(c1OCC[Si](C)(C)C)C(=O)OC2. The van der Waals surface area contributed by atoms with E-state index in [1.807, 2.05) is 26.8 Å². The van der Waals surface area contributed by atoms with Crippen molar-refractivity contribution in [2.24, 2.45) is 0 Å². The van der Waals surface area contributed by atoms with E-state index in [1.165, 1.54) is 34.3 Å². The fourth-order valence-corrected chi connectivity index (χ4v) is 12.0. The number of methoxy groups -OCH3 is 2. The maximum Gasteiger partial charge on any atom is 0.342 e. The number of hydrogen-bond donors (Lipinski definition) is 1. The average Bonchev–Trinajstić information content (AvgIpc) is 3.80. The normalized spacial score (nSPS) is 16.3. The number of esters is 4. The number of allylic oxidation sites excluding steroid dienone is 4. The van der Waals surface area contributed by atoms with Crippen LogP contribution in [0.15, 0.2) is 23.3 Å². The third-order valence-electron chi connectivity index (χ3n) is 10.8. The molecule has 16 nitrogen and oxygen atoms in total. The van der Waals surface area contributed by atoms with Crippen LogP contribution in [-0.4, -0.2) is 109 Å². The predicted octanol–water partition coefficient (Wildman–Crippen LogP) is 9.50. The maximum absolute atomic E-state index is 13.1. The highest BCUT2D eigenvalue weighted by Crippen LogP contribution is 2.48. The Kier molecular flexibility index (Phi) is 20.4. The number of benzene rings is 2. The third-order valence-corrected chi connectivity index (χ3v) is 16.1. The van der Waals surface area contributed by atoms with Crippen LogP contribution in [0.2, 0.25) is 25.7 Å². The summed E-state index contributed by atoms with van der Waals surface area (Å²) >= 11 is 0. The van der Waals surface area contributed by atoms with Crippen molar-refractivity contribution >= 4 is 46.7 Å². The van der Waals surface area contributed by atoms with Gasteiger partial charge in [0.15, 0.2) is 12.2 Å². The lowest BCUT2D eigenvalue weighted by atomic mass is 9.95. The molecule has 0 fully saturated rings. The van der Waals surface area contributed by atoms with E-state index in [0.29, 0.717) is 47.0 Å². The standard InChI is InChI=1S/C26H41O8PSi.C21H29O8P/c1-10-31-25(27)19(4)34-35(6,29)16-17(2)11-12-20-23(30-5)18(3)21-15-33-26(28)22(21)24(20)32-13-14-36(7,8)9;1-7-27-20(23)14(4)29-30(6,25)11-12(2)8-9-15-18(22)17-16(10-28-21(17)24)13(3)19(15)26-5/h11,19H,10,12-16H2,1-9H3;8,14,22H,7,9-11H2,1-6H3/b17-11+;12-8+/t19-,35?;14-,30?/m00/s1. The Labute approximate surface area is 390 Å². The van der Waals surface area contributed by atoms with Crippen molar-refractivity contribution in [3.8, 4) is 23.0 Å². The van der Waals surface area contributed by atoms with E-state index in [4.69, 9.17) is 42.2 Å². The zero-order valence-electron chi connectivity index (χ0n) is 41.3. The third kappa shape index (κ3) is 15.1. The minimum atomic E-state index is -3.10. The van der Waals surface area contributed by atoms with Gasteiger partial charge >= 0.3 is 23.9 Å². The minimum Gasteiger partial charge on any atom is -0.507 e. The lowest BCUT2D eigenvalue weighted by Gasteiger charge is -2.22. The van der Waals surface area contributed by atoms with Gasteiger partial charge in [-0.25, -0.2) is 19.2 Å². The van der Waals surface area contributed by atoms with Crippen molar-refractivity contribution in [3.63, 3.8) is 0 Å². The first-order valence-corrected chi connectivity index (χ1v) is 30.2. The summed E-state index contributed by atoms with van der Waals surface area (Å²) < 4.78 is 74.5. The van der Waals surface area contributed by atoms with Gasteiger partial charge in [0.05, 0.1) is 34.0 Å². The monoisotopic (exact) mass is 980 g/mol. The number of aromatic hydroxyl groups is 1. The van der Waals surface area contributed by atoms with E-state index in [1.54, 1.807) is 34.0 Å². The zero-order chi connectivity index (χ0) is 49.9. The fraction of sp³-hybridized carbons (Fsp3) is 0.574. The molecule has 0 aromatic heterocycles. The van der Waals surface area contributed by atoms with Crippen molar-refractivity contribution in [1.29, 1.82) is 0 Å². The van der Waals surface area contributed by atoms with Crippen molar-refractivity contribution < 1.29 is 75.6 Å². The topological polar surface area (TPSA) is 206 Å². The number of carbonyl (C=O) groups is 4. The second-order valence-corrected chi connectivity index (χ2v) is 28.6. The first-order chi connectivity index (χ1) is 30.7. The van der Waals surface area contributed by atoms with Crippen LogP contribution >= 0.6 is 14.7 Å². The molecule has 0 amide bonds. The summed E-state index contributed by atoms with van der Waals surface area (Å²) in [6, 6.07) is 0.941. The molecule has 0 bridgehead atoms. The number of rotatable bonds is 22. The number of phenols is 1. The van der Waals surface area contributed by atoms with Gasteiger partial charge in [-0.3, -0.25) is 9.13 Å². The molecule has 0 saturated heterocycles. The van der Waals surface area contributed by atoms with E-state index in [-0.39, 0.29) is 62.5 Å². The molecule has 2 unspecified atom stereocenters. The highest BCUT2D eigenvalue weighted by molar-refractivity contribution is 7.58. The van der Waals surface area contributed by atoms with Gasteiger partial charge in [-0.15, -0.1) is 0 Å². The molecule has 0 spiro atoms. The smallest absolute Gasteiger partial charge is 0.342 e. The molecular weight excluding hydrogens is 911 g/mol. The predicted molar refractivity (Wildman–Crippen MR) is 255 cm³/mol. The molecule has 2 heterocycles. The van der Waals surface area contributed by atoms with E-state index in [2.05, 4.69) is 19.6 Å². The molecule has 4 atom stereocenters. The minimum absolute atomic E-state index is 0.105. The summed E-state index contributed by atoms with van der Waals surface area (Å²) in [5.41, 5.74) is 6.44. The van der Waals surface area contributed by atoms with Crippen LogP contribution in [0.25, 0.3) is 0 Å². The van der Waals surface area contributed by atoms with Crippen molar-refractivity contribution in [2.45, 2.75) is 119 Å². The first-order valence-electron chi connectivity index (χ1n) is 22.0. The van der Waals surface area contributed by atoms with Crippen molar-refractivity contribution in [1.82, 2.24) is 0 Å². The number of ether oxygens (including phenoxy) is 7. The van der Waals surface area contributed by atoms with Crippen molar-refractivity contribution in [2.75, 3.05) is 59.7 Å². The Morgan fingerprint density at radius 2 is 1.14 bits per heavy atom. The van der Waals surface area contributed by atoms with Gasteiger partial charge in [0.1, 0.15) is 47.3 Å². The molecule has 2 aromatic carbocycles. The molecule has 1 N–H and O–H groups in total. The molecule has 19 heteroatoms. The Bertz CT molecular complexity index is 2290. The Morgan fingerprint density at radius 1 is 0.727 bits per heavy atom. The number of cyclic esters (lactones) is 2. The van der Waals surface area contributed by atoms with Crippen LogP contribution in [0.1, 0.15) is 95.6 Å². The van der Waals surface area contributed by atoms with Crippen LogP contribution in [0.5, 0.6) is 23.0 Å². The molecule has 368 valence electrons. The Balaban J connectivity index is 0.000000356. The van der Waals surface area contributed by atoms with Gasteiger partial charge in [0.25, 0.3) is 0 Å². The highest BCUT2D eigenvalue weighted by Gasteiger charge is 2.35. The second kappa shape index (κ2) is 24.1. The molecule has 2 aromatic rings. The lowest BCUT2D eigenvalue weighted by molar-refractivity contribution is -0.151. The van der Waals surface area contributed by atoms with Gasteiger partial charge in [0.2, 0.25) is 14.7 Å². The van der Waals surface area contributed by atoms with Gasteiger partial charge in [-0.05, 0) is 85.4 Å². The average molecular weight is 981 g/mol. The summed E-state index contributed by atoms with van der Waals surface area (Å²) in [5.74, 6) is -0.556. The van der Waals surface area contributed by atoms with Crippen LogP contribution in [0, 0.1) is 13.8 Å². The molecule has 0 radical (unpaired) electrons. The Hall–Kier alpha value is -4.40. The largest absolute Gasteiger partial charge is 0.507 e. The molecule has 66 heavy (non-hydrogen) atoms. The van der Waals surface area contributed by atoms with E-state index >= 15 is 0 Å². The van der Waals surface area contributed by atoms with Crippen LogP contribution < -0.4 is 14.2 Å². The number of phenolic OH excluding ortho intramolecular Hbond substituents is 1. The Morgan fingerprint density at radius 3 is 1.56 bits per heavy atom. The summed E-state index contributed by atoms with van der Waals surface area (Å²) in [6.07, 6.45) is 2.86. The van der Waals surface area contributed by atoms with Crippen LogP contribution in [0.3, 0.4) is 0 Å². The fourth-order valence-electron chi connectivity index (χ4n) is 7.59. The van der Waals surface area contributed by atoms with E-state index in [0.717, 1.165) is 39.4 Å². The van der Waals surface area contributed by atoms with Gasteiger partial charge in [0, 0.05) is 56.0 Å². The quantitative estimate of drug-likeness (QED) is 0.0383. The summed E-state index contributed by atoms with van der Waals surface area (Å²) in [5, 5.41) is 10.7. The maximum atomic E-state index is 13.1. The molecule has 4 rings (SSSR count). The first kappa shape index (κ1) is 55.9. The lowest BCUT2D eigenvalue weighted by Crippen LogP contribution is -2.23. The number of hydrogen-bond acceptors (Lipinski definition) is 16. The highest BCUT2D eigenvalue weighted by atomic mass is 31.2. The molecule has 0 aliphatic carbocycles. The van der Waals surface area contributed by atoms with Crippen molar-refractivity contribution in [3.05, 3.63) is 67.8 Å². The summed E-state index contributed by atoms with van der Waals surface area (Å²) in [4.78, 5) is 48.2. The van der Waals surface area contributed by atoms with Crippen LogP contribution in [-0.2, 0) is 72.8 Å². The molecule has 2 aliphatic heterocycles. The van der Waals surface area contributed by atoms with Gasteiger partial charge in [-0.1, -0.05) is 42.9 Å². The van der Waals surface area contributed by atoms with Gasteiger partial charge in [-0.2, -0.15) is 0 Å². The van der Waals surface area contributed by atoms with E-state index < -0.39 is 52.9 Å². The number of fused-ring (bicyclic) bond motifs is 2. The summed E-state index contributed by atoms with van der Waals surface area (Å²) in [6.45, 7) is 24.9.